The van der Waals surface area contributed by atoms with Gasteiger partial charge in [0.25, 0.3) is 5.91 Å². The van der Waals surface area contributed by atoms with Crippen LogP contribution in [0.4, 0.5) is 0 Å². The minimum absolute atomic E-state index is 0.0258. The third kappa shape index (κ3) is 4.76. The molecule has 0 radical (unpaired) electrons. The molecule has 0 saturated heterocycles. The van der Waals surface area contributed by atoms with E-state index in [1.165, 1.54) is 15.4 Å². The lowest BCUT2D eigenvalue weighted by Gasteiger charge is -2.26. The fraction of sp³-hybridized carbons (Fsp3) is 0.269. The molecular weight excluding hydrogens is 420 g/mol. The number of carbonyl (C=O) groups is 1. The van der Waals surface area contributed by atoms with Gasteiger partial charge in [0.2, 0.25) is 10.0 Å². The molecule has 1 amide bonds. The van der Waals surface area contributed by atoms with Gasteiger partial charge in [-0.2, -0.15) is 4.31 Å². The highest BCUT2D eigenvalue weighted by atomic mass is 32.2. The first-order valence-corrected chi connectivity index (χ1v) is 12.3. The summed E-state index contributed by atoms with van der Waals surface area (Å²) in [6.07, 6.45) is 3.04. The summed E-state index contributed by atoms with van der Waals surface area (Å²) in [4.78, 5) is 13.1. The number of sulfonamides is 1. The first-order chi connectivity index (χ1) is 15.3. The summed E-state index contributed by atoms with van der Waals surface area (Å²) in [6, 6.07) is 22.3. The number of nitrogens with one attached hydrogen (secondary N) is 1. The second-order valence-corrected chi connectivity index (χ2v) is 10.4. The molecule has 1 N–H and O–H groups in total. The Kier molecular flexibility index (Phi) is 6.44. The fourth-order valence-electron chi connectivity index (χ4n) is 4.14. The molecule has 0 heterocycles. The molecule has 166 valence electrons. The van der Waals surface area contributed by atoms with E-state index < -0.39 is 10.0 Å². The zero-order valence-corrected chi connectivity index (χ0v) is 19.2. The van der Waals surface area contributed by atoms with Crippen molar-refractivity contribution in [2.75, 3.05) is 7.05 Å². The summed E-state index contributed by atoms with van der Waals surface area (Å²) in [5.74, 6) is -0.112. The Morgan fingerprint density at radius 2 is 1.69 bits per heavy atom. The number of fused-ring (bicyclic) bond motifs is 1. The van der Waals surface area contributed by atoms with Gasteiger partial charge in [-0.05, 0) is 67.1 Å². The maximum absolute atomic E-state index is 12.8. The van der Waals surface area contributed by atoms with Crippen molar-refractivity contribution in [3.63, 3.8) is 0 Å². The smallest absolute Gasteiger partial charge is 0.251 e. The lowest BCUT2D eigenvalue weighted by atomic mass is 9.87. The highest BCUT2D eigenvalue weighted by molar-refractivity contribution is 7.89. The Balaban J connectivity index is 1.42. The van der Waals surface area contributed by atoms with Crippen LogP contribution in [0, 0.1) is 6.92 Å². The molecule has 3 aromatic rings. The lowest BCUT2D eigenvalue weighted by Crippen LogP contribution is -2.31. The van der Waals surface area contributed by atoms with E-state index >= 15 is 0 Å². The molecule has 0 aromatic heterocycles. The van der Waals surface area contributed by atoms with Gasteiger partial charge in [0.15, 0.2) is 0 Å². The third-order valence-electron chi connectivity index (χ3n) is 6.03. The molecule has 3 aromatic carbocycles. The van der Waals surface area contributed by atoms with Crippen molar-refractivity contribution in [1.82, 2.24) is 9.62 Å². The zero-order valence-electron chi connectivity index (χ0n) is 18.4. The number of nitrogens with zero attached hydrogens (tertiary/aromatic N) is 1. The van der Waals surface area contributed by atoms with Gasteiger partial charge in [-0.25, -0.2) is 8.42 Å². The molecule has 1 aliphatic rings. The molecule has 4 rings (SSSR count). The van der Waals surface area contributed by atoms with Crippen LogP contribution in [0.3, 0.4) is 0 Å². The van der Waals surface area contributed by atoms with Gasteiger partial charge in [0, 0.05) is 19.2 Å². The number of amides is 1. The topological polar surface area (TPSA) is 66.5 Å². The van der Waals surface area contributed by atoms with E-state index in [9.17, 15) is 13.2 Å². The van der Waals surface area contributed by atoms with E-state index in [0.29, 0.717) is 5.56 Å². The number of rotatable bonds is 6. The molecule has 1 atom stereocenters. The van der Waals surface area contributed by atoms with Crippen LogP contribution in [0.1, 0.15) is 51.5 Å². The Labute approximate surface area is 190 Å². The van der Waals surface area contributed by atoms with Crippen molar-refractivity contribution in [1.29, 1.82) is 0 Å². The average Bonchev–Trinajstić information content (AvgIpc) is 2.80. The van der Waals surface area contributed by atoms with Gasteiger partial charge >= 0.3 is 0 Å². The van der Waals surface area contributed by atoms with Crippen molar-refractivity contribution >= 4 is 15.9 Å². The van der Waals surface area contributed by atoms with Gasteiger partial charge in [-0.1, -0.05) is 54.1 Å². The van der Waals surface area contributed by atoms with Gasteiger partial charge in [-0.3, -0.25) is 4.79 Å². The van der Waals surface area contributed by atoms with Crippen molar-refractivity contribution < 1.29 is 13.2 Å². The number of carbonyl (C=O) groups excluding carboxylic acids is 1. The second kappa shape index (κ2) is 9.27. The van der Waals surface area contributed by atoms with Crippen LogP contribution in [0.25, 0.3) is 0 Å². The van der Waals surface area contributed by atoms with E-state index in [4.69, 9.17) is 0 Å². The van der Waals surface area contributed by atoms with Crippen LogP contribution in [-0.4, -0.2) is 25.7 Å². The minimum Gasteiger partial charge on any atom is -0.345 e. The first kappa shape index (κ1) is 22.2. The quantitative estimate of drug-likeness (QED) is 0.598. The molecule has 0 saturated carbocycles. The van der Waals surface area contributed by atoms with Gasteiger partial charge in [0.05, 0.1) is 10.9 Å². The van der Waals surface area contributed by atoms with Gasteiger partial charge < -0.3 is 5.32 Å². The standard InChI is InChI=1S/C26H28N2O3S/c1-19-10-16-23(17-11-19)32(30,31)28(2)18-20-12-14-22(15-13-20)26(29)27-25-9-5-7-21-6-3-4-8-24(21)25/h3-4,6,8,10-17,25H,5,7,9,18H2,1-2H3,(H,27,29)/t25-/m0/s1. The predicted molar refractivity (Wildman–Crippen MR) is 126 cm³/mol. The Morgan fingerprint density at radius 3 is 2.41 bits per heavy atom. The number of hydrogen-bond acceptors (Lipinski definition) is 3. The highest BCUT2D eigenvalue weighted by Gasteiger charge is 2.23. The largest absolute Gasteiger partial charge is 0.345 e. The monoisotopic (exact) mass is 448 g/mol. The normalized spacial score (nSPS) is 15.9. The van der Waals surface area contributed by atoms with Gasteiger partial charge in [-0.15, -0.1) is 0 Å². The second-order valence-electron chi connectivity index (χ2n) is 8.39. The van der Waals surface area contributed by atoms with E-state index in [0.717, 1.165) is 30.4 Å². The summed E-state index contributed by atoms with van der Waals surface area (Å²) < 4.78 is 26.9. The van der Waals surface area contributed by atoms with Crippen molar-refractivity contribution in [2.24, 2.45) is 0 Å². The highest BCUT2D eigenvalue weighted by Crippen LogP contribution is 2.29. The van der Waals surface area contributed by atoms with Crippen molar-refractivity contribution in [3.05, 3.63) is 101 Å². The first-order valence-electron chi connectivity index (χ1n) is 10.9. The summed E-state index contributed by atoms with van der Waals surface area (Å²) in [7, 11) is -2.01. The molecule has 0 spiro atoms. The average molecular weight is 449 g/mol. The summed E-state index contributed by atoms with van der Waals surface area (Å²) in [6.45, 7) is 2.15. The molecule has 0 unspecified atom stereocenters. The minimum atomic E-state index is -3.57. The molecule has 32 heavy (non-hydrogen) atoms. The zero-order chi connectivity index (χ0) is 22.7. The van der Waals surface area contributed by atoms with E-state index in [1.807, 2.05) is 31.2 Å². The molecule has 5 nitrogen and oxygen atoms in total. The molecule has 0 fully saturated rings. The Morgan fingerprint density at radius 1 is 1.00 bits per heavy atom. The lowest BCUT2D eigenvalue weighted by molar-refractivity contribution is 0.0932. The molecule has 1 aliphatic carbocycles. The van der Waals surface area contributed by atoms with Crippen LogP contribution in [0.15, 0.2) is 77.7 Å². The third-order valence-corrected chi connectivity index (χ3v) is 7.84. The SMILES string of the molecule is Cc1ccc(S(=O)(=O)N(C)Cc2ccc(C(=O)N[C@H]3CCCc4ccccc43)cc2)cc1. The summed E-state index contributed by atoms with van der Waals surface area (Å²) in [5, 5.41) is 3.16. The van der Waals surface area contributed by atoms with E-state index in [-0.39, 0.29) is 23.4 Å². The maximum Gasteiger partial charge on any atom is 0.251 e. The molecular formula is C26H28N2O3S. The van der Waals surface area contributed by atoms with E-state index in [1.54, 1.807) is 43.4 Å². The van der Waals surface area contributed by atoms with Gasteiger partial charge in [0.1, 0.15) is 0 Å². The number of aryl methyl sites for hydroxylation is 2. The molecule has 6 heteroatoms. The van der Waals surface area contributed by atoms with Crippen LogP contribution < -0.4 is 5.32 Å². The van der Waals surface area contributed by atoms with Crippen molar-refractivity contribution in [3.8, 4) is 0 Å². The van der Waals surface area contributed by atoms with Crippen LogP contribution >= 0.6 is 0 Å². The van der Waals surface area contributed by atoms with E-state index in [2.05, 4.69) is 17.4 Å². The predicted octanol–water partition coefficient (Wildman–Crippen LogP) is 4.62. The Bertz CT molecular complexity index is 1200. The van der Waals surface area contributed by atoms with Crippen LogP contribution in [-0.2, 0) is 23.0 Å². The van der Waals surface area contributed by atoms with Crippen LogP contribution in [0.5, 0.6) is 0 Å². The van der Waals surface area contributed by atoms with Crippen LogP contribution in [0.2, 0.25) is 0 Å². The number of benzene rings is 3. The molecule has 0 bridgehead atoms. The fourth-order valence-corrected chi connectivity index (χ4v) is 5.30. The summed E-state index contributed by atoms with van der Waals surface area (Å²) >= 11 is 0. The summed E-state index contributed by atoms with van der Waals surface area (Å²) in [5.41, 5.74) is 4.91. The number of hydrogen-bond donors (Lipinski definition) is 1. The Hall–Kier alpha value is -2.96. The maximum atomic E-state index is 12.8. The van der Waals surface area contributed by atoms with Crippen molar-refractivity contribution in [2.45, 2.75) is 43.7 Å². The molecule has 0 aliphatic heterocycles.